The van der Waals surface area contributed by atoms with E-state index in [0.29, 0.717) is 0 Å². The van der Waals surface area contributed by atoms with Gasteiger partial charge in [0.25, 0.3) is 0 Å². The Morgan fingerprint density at radius 1 is 0.941 bits per heavy atom. The molecule has 2 aromatic heterocycles. The van der Waals surface area contributed by atoms with Gasteiger partial charge in [-0.2, -0.15) is 10.2 Å². The van der Waals surface area contributed by atoms with Crippen LogP contribution in [0.15, 0.2) is 12.7 Å². The van der Waals surface area contributed by atoms with Crippen molar-refractivity contribution in [1.82, 2.24) is 29.5 Å². The number of nitrogens with zero attached hydrogens (tertiary/aromatic N) is 8. The maximum absolute atomic E-state index is 4.21. The molecule has 0 atom stereocenters. The Hall–Kier alpha value is -2.06. The molecule has 0 unspecified atom stereocenters. The number of hydrogen-bond donors (Lipinski definition) is 0. The summed E-state index contributed by atoms with van der Waals surface area (Å²) in [4.78, 5) is 12.5. The standard InChI is InChI=1S/C8H12BN8/c1-14-7(10-5-12-14)16-3-4-17(9-16)8-11-6-13-15(8)2/h5-6H,3-4H2,1-2H3. The van der Waals surface area contributed by atoms with Crippen LogP contribution in [0.4, 0.5) is 11.9 Å². The van der Waals surface area contributed by atoms with Gasteiger partial charge in [-0.3, -0.25) is 0 Å². The Bertz CT molecular complexity index is 473. The molecule has 0 spiro atoms. The van der Waals surface area contributed by atoms with Crippen LogP contribution in [0.3, 0.4) is 0 Å². The van der Waals surface area contributed by atoms with E-state index in [0.717, 1.165) is 25.0 Å². The lowest BCUT2D eigenvalue weighted by atomic mass is 10.1. The first-order valence-electron chi connectivity index (χ1n) is 5.32. The summed E-state index contributed by atoms with van der Waals surface area (Å²) in [5.41, 5.74) is 0. The molecule has 17 heavy (non-hydrogen) atoms. The van der Waals surface area contributed by atoms with Gasteiger partial charge in [0.1, 0.15) is 12.7 Å². The average molecular weight is 231 g/mol. The first kappa shape index (κ1) is 10.1. The van der Waals surface area contributed by atoms with E-state index in [4.69, 9.17) is 0 Å². The molecule has 0 aliphatic carbocycles. The molecular weight excluding hydrogens is 219 g/mol. The molecule has 1 saturated heterocycles. The second kappa shape index (κ2) is 3.76. The first-order valence-corrected chi connectivity index (χ1v) is 5.32. The van der Waals surface area contributed by atoms with Gasteiger partial charge in [0.15, 0.2) is 0 Å². The van der Waals surface area contributed by atoms with E-state index in [1.54, 1.807) is 22.0 Å². The molecule has 3 rings (SSSR count). The minimum absolute atomic E-state index is 0.828. The van der Waals surface area contributed by atoms with Crippen LogP contribution in [0.25, 0.3) is 0 Å². The van der Waals surface area contributed by atoms with Crippen molar-refractivity contribution in [3.05, 3.63) is 12.7 Å². The minimum Gasteiger partial charge on any atom is -0.366 e. The smallest absolute Gasteiger partial charge is 0.366 e. The van der Waals surface area contributed by atoms with E-state index in [-0.39, 0.29) is 0 Å². The highest BCUT2D eigenvalue weighted by Gasteiger charge is 2.28. The zero-order valence-electron chi connectivity index (χ0n) is 9.72. The minimum atomic E-state index is 0.828. The molecule has 0 saturated carbocycles. The van der Waals surface area contributed by atoms with Gasteiger partial charge in [-0.15, -0.1) is 0 Å². The molecule has 0 aromatic carbocycles. The Kier molecular flexibility index (Phi) is 2.24. The third kappa shape index (κ3) is 1.63. The summed E-state index contributed by atoms with van der Waals surface area (Å²) in [5, 5.41) is 8.12. The van der Waals surface area contributed by atoms with Gasteiger partial charge in [-0.1, -0.05) is 0 Å². The van der Waals surface area contributed by atoms with Crippen molar-refractivity contribution >= 4 is 19.4 Å². The predicted octanol–water partition coefficient (Wildman–Crippen LogP) is -1.20. The third-order valence-electron chi connectivity index (χ3n) is 2.75. The maximum Gasteiger partial charge on any atom is 0.396 e. The Morgan fingerprint density at radius 2 is 1.41 bits per heavy atom. The second-order valence-electron chi connectivity index (χ2n) is 3.87. The van der Waals surface area contributed by atoms with Crippen molar-refractivity contribution in [2.75, 3.05) is 22.7 Å². The van der Waals surface area contributed by atoms with Gasteiger partial charge in [0, 0.05) is 27.2 Å². The quantitative estimate of drug-likeness (QED) is 0.605. The molecule has 0 N–H and O–H groups in total. The zero-order chi connectivity index (χ0) is 11.8. The summed E-state index contributed by atoms with van der Waals surface area (Å²) in [7, 11) is 5.73. The van der Waals surface area contributed by atoms with Crippen LogP contribution in [0.2, 0.25) is 0 Å². The highest BCUT2D eigenvalue weighted by atomic mass is 15.5. The number of anilines is 2. The summed E-state index contributed by atoms with van der Waals surface area (Å²) in [6, 6.07) is 0. The fourth-order valence-electron chi connectivity index (χ4n) is 1.90. The number of aromatic nitrogens is 6. The molecule has 0 amide bonds. The lowest BCUT2D eigenvalue weighted by molar-refractivity contribution is 0.751. The van der Waals surface area contributed by atoms with Crippen LogP contribution in [0.1, 0.15) is 0 Å². The molecule has 1 aliphatic heterocycles. The molecule has 87 valence electrons. The normalized spacial score (nSPS) is 15.4. The molecule has 1 radical (unpaired) electrons. The summed E-state index contributed by atoms with van der Waals surface area (Å²) in [6.45, 7) is 1.72. The second-order valence-corrected chi connectivity index (χ2v) is 3.87. The number of rotatable bonds is 2. The fraction of sp³-hybridized carbons (Fsp3) is 0.500. The van der Waals surface area contributed by atoms with Gasteiger partial charge < -0.3 is 9.62 Å². The lowest BCUT2D eigenvalue weighted by Gasteiger charge is -2.16. The Balaban J connectivity index is 1.79. The first-order chi connectivity index (χ1) is 8.25. The van der Waals surface area contributed by atoms with Crippen LogP contribution in [-0.4, -0.2) is 50.2 Å². The van der Waals surface area contributed by atoms with E-state index in [2.05, 4.69) is 20.2 Å². The monoisotopic (exact) mass is 231 g/mol. The van der Waals surface area contributed by atoms with Gasteiger partial charge in [-0.05, 0) is 0 Å². The highest BCUT2D eigenvalue weighted by molar-refractivity contribution is 6.47. The molecule has 8 nitrogen and oxygen atoms in total. The summed E-state index contributed by atoms with van der Waals surface area (Å²) in [6.07, 6.45) is 3.10. The van der Waals surface area contributed by atoms with Gasteiger partial charge in [0.2, 0.25) is 11.9 Å². The lowest BCUT2D eigenvalue weighted by Crippen LogP contribution is -2.32. The zero-order valence-corrected chi connectivity index (χ0v) is 9.72. The Labute approximate surface area is 99.1 Å². The summed E-state index contributed by atoms with van der Waals surface area (Å²) >= 11 is 0. The van der Waals surface area contributed by atoms with E-state index in [1.165, 1.54) is 0 Å². The molecule has 2 aromatic rings. The predicted molar refractivity (Wildman–Crippen MR) is 62.5 cm³/mol. The molecule has 9 heteroatoms. The summed E-state index contributed by atoms with van der Waals surface area (Å²) < 4.78 is 3.49. The fourth-order valence-corrected chi connectivity index (χ4v) is 1.90. The van der Waals surface area contributed by atoms with Crippen molar-refractivity contribution in [3.8, 4) is 0 Å². The van der Waals surface area contributed by atoms with E-state index < -0.39 is 0 Å². The van der Waals surface area contributed by atoms with Crippen molar-refractivity contribution in [1.29, 1.82) is 0 Å². The van der Waals surface area contributed by atoms with Crippen molar-refractivity contribution in [2.45, 2.75) is 0 Å². The van der Waals surface area contributed by atoms with Crippen molar-refractivity contribution in [2.24, 2.45) is 14.1 Å². The molecule has 1 fully saturated rings. The van der Waals surface area contributed by atoms with Crippen LogP contribution >= 0.6 is 0 Å². The molecule has 3 heterocycles. The summed E-state index contributed by atoms with van der Waals surface area (Å²) in [5.74, 6) is 1.66. The maximum atomic E-state index is 4.21. The largest absolute Gasteiger partial charge is 0.396 e. The van der Waals surface area contributed by atoms with Gasteiger partial charge in [0.05, 0.1) is 0 Å². The van der Waals surface area contributed by atoms with Gasteiger partial charge in [-0.25, -0.2) is 19.3 Å². The third-order valence-corrected chi connectivity index (χ3v) is 2.75. The molecular formula is C8H12BN8. The molecule has 1 aliphatic rings. The molecule has 0 bridgehead atoms. The number of aryl methyl sites for hydroxylation is 2. The highest BCUT2D eigenvalue weighted by Crippen LogP contribution is 2.16. The van der Waals surface area contributed by atoms with Crippen LogP contribution < -0.4 is 9.62 Å². The van der Waals surface area contributed by atoms with Crippen molar-refractivity contribution < 1.29 is 0 Å². The SMILES string of the molecule is Cn1ncnc1N1[B]N(c2ncnn2C)CC1. The van der Waals surface area contributed by atoms with Crippen LogP contribution in [0, 0.1) is 0 Å². The van der Waals surface area contributed by atoms with E-state index in [1.807, 2.05) is 31.3 Å². The topological polar surface area (TPSA) is 67.9 Å². The Morgan fingerprint density at radius 3 is 1.76 bits per heavy atom. The van der Waals surface area contributed by atoms with E-state index >= 15 is 0 Å². The van der Waals surface area contributed by atoms with Gasteiger partial charge >= 0.3 is 7.55 Å². The van der Waals surface area contributed by atoms with Crippen LogP contribution in [0.5, 0.6) is 0 Å². The van der Waals surface area contributed by atoms with Crippen LogP contribution in [-0.2, 0) is 14.1 Å². The average Bonchev–Trinajstić information content (AvgIpc) is 2.97. The van der Waals surface area contributed by atoms with E-state index in [9.17, 15) is 0 Å². The number of hydrogen-bond acceptors (Lipinski definition) is 6. The van der Waals surface area contributed by atoms with Crippen molar-refractivity contribution in [3.63, 3.8) is 0 Å².